The van der Waals surface area contributed by atoms with Crippen molar-refractivity contribution in [1.82, 2.24) is 0 Å². The van der Waals surface area contributed by atoms with E-state index in [0.717, 1.165) is 43.0 Å². The van der Waals surface area contributed by atoms with Crippen LogP contribution in [0, 0.1) is 11.8 Å². The van der Waals surface area contributed by atoms with Gasteiger partial charge in [-0.25, -0.2) is 0 Å². The molecule has 0 bridgehead atoms. The first-order chi connectivity index (χ1) is 10.1. The number of esters is 1. The summed E-state index contributed by atoms with van der Waals surface area (Å²) in [6, 6.07) is 8.08. The summed E-state index contributed by atoms with van der Waals surface area (Å²) in [5.74, 6) is 1.27. The Bertz CT molecular complexity index is 514. The van der Waals surface area contributed by atoms with Crippen LogP contribution in [-0.2, 0) is 9.53 Å². The van der Waals surface area contributed by atoms with Crippen LogP contribution in [0.5, 0.6) is 0 Å². The van der Waals surface area contributed by atoms with Gasteiger partial charge in [0.1, 0.15) is 6.10 Å². The molecule has 0 saturated heterocycles. The van der Waals surface area contributed by atoms with Crippen molar-refractivity contribution in [3.05, 3.63) is 29.8 Å². The van der Waals surface area contributed by atoms with E-state index in [-0.39, 0.29) is 18.0 Å². The number of fused-ring (bicyclic) bond motifs is 1. The van der Waals surface area contributed by atoms with E-state index in [4.69, 9.17) is 4.74 Å². The maximum Gasteiger partial charge on any atom is 0.313 e. The van der Waals surface area contributed by atoms with Gasteiger partial charge in [-0.05, 0) is 49.1 Å². The number of nitrogens with one attached hydrogen (secondary N) is 1. The topological polar surface area (TPSA) is 38.3 Å². The summed E-state index contributed by atoms with van der Waals surface area (Å²) < 4.78 is 5.84. The Kier molecular flexibility index (Phi) is 4.18. The van der Waals surface area contributed by atoms with Crippen LogP contribution >= 0.6 is 0 Å². The molecule has 3 rings (SSSR count). The van der Waals surface area contributed by atoms with Crippen LogP contribution in [0.1, 0.15) is 51.0 Å². The third-order valence-corrected chi connectivity index (χ3v) is 5.20. The number of ether oxygens (including phenoxy) is 1. The van der Waals surface area contributed by atoms with E-state index in [0.29, 0.717) is 5.92 Å². The summed E-state index contributed by atoms with van der Waals surface area (Å²) in [4.78, 5) is 12.6. The molecule has 1 heterocycles. The molecule has 0 radical (unpaired) electrons. The summed E-state index contributed by atoms with van der Waals surface area (Å²) in [6.45, 7) is 5.41. The highest BCUT2D eigenvalue weighted by atomic mass is 16.5. The van der Waals surface area contributed by atoms with E-state index >= 15 is 0 Å². The second-order valence-corrected chi connectivity index (χ2v) is 6.68. The Morgan fingerprint density at radius 3 is 2.76 bits per heavy atom. The SMILES string of the molecule is CC1CCC(OC(=O)C2CCNc3ccccc32)CC1C. The van der Waals surface area contributed by atoms with Crippen molar-refractivity contribution in [2.45, 2.75) is 51.6 Å². The molecule has 0 amide bonds. The molecule has 114 valence electrons. The lowest BCUT2D eigenvalue weighted by atomic mass is 9.80. The average molecular weight is 287 g/mol. The molecule has 3 nitrogen and oxygen atoms in total. The third-order valence-electron chi connectivity index (χ3n) is 5.20. The van der Waals surface area contributed by atoms with Gasteiger partial charge in [0.15, 0.2) is 0 Å². The Morgan fingerprint density at radius 2 is 1.95 bits per heavy atom. The molecular weight excluding hydrogens is 262 g/mol. The Labute approximate surface area is 127 Å². The molecule has 2 aliphatic rings. The zero-order valence-electron chi connectivity index (χ0n) is 13.0. The minimum Gasteiger partial charge on any atom is -0.462 e. The molecule has 4 atom stereocenters. The first kappa shape index (κ1) is 14.4. The molecule has 1 fully saturated rings. The van der Waals surface area contributed by atoms with E-state index in [2.05, 4.69) is 19.2 Å². The van der Waals surface area contributed by atoms with Crippen molar-refractivity contribution in [2.24, 2.45) is 11.8 Å². The molecule has 1 aliphatic heterocycles. The molecule has 1 N–H and O–H groups in total. The van der Waals surface area contributed by atoms with Crippen LogP contribution in [0.2, 0.25) is 0 Å². The zero-order chi connectivity index (χ0) is 14.8. The van der Waals surface area contributed by atoms with Crippen molar-refractivity contribution >= 4 is 11.7 Å². The Morgan fingerprint density at radius 1 is 1.14 bits per heavy atom. The van der Waals surface area contributed by atoms with Gasteiger partial charge in [0.2, 0.25) is 0 Å². The summed E-state index contributed by atoms with van der Waals surface area (Å²) in [5.41, 5.74) is 2.17. The number of hydrogen-bond donors (Lipinski definition) is 1. The van der Waals surface area contributed by atoms with Crippen LogP contribution in [0.3, 0.4) is 0 Å². The van der Waals surface area contributed by atoms with Gasteiger partial charge in [-0.2, -0.15) is 0 Å². The van der Waals surface area contributed by atoms with Crippen molar-refractivity contribution in [1.29, 1.82) is 0 Å². The number of carbonyl (C=O) groups excluding carboxylic acids is 1. The summed E-state index contributed by atoms with van der Waals surface area (Å²) in [5, 5.41) is 3.36. The standard InChI is InChI=1S/C18H25NO2/c1-12-7-8-14(11-13(12)2)21-18(20)16-9-10-19-17-6-4-3-5-15(16)17/h3-6,12-14,16,19H,7-11H2,1-2H3. The highest BCUT2D eigenvalue weighted by Crippen LogP contribution is 2.35. The molecule has 3 heteroatoms. The van der Waals surface area contributed by atoms with Gasteiger partial charge in [0.25, 0.3) is 0 Å². The van der Waals surface area contributed by atoms with E-state index in [9.17, 15) is 4.79 Å². The quantitative estimate of drug-likeness (QED) is 0.837. The molecule has 21 heavy (non-hydrogen) atoms. The zero-order valence-corrected chi connectivity index (χ0v) is 13.0. The lowest BCUT2D eigenvalue weighted by Crippen LogP contribution is -2.32. The lowest BCUT2D eigenvalue weighted by Gasteiger charge is -2.33. The van der Waals surface area contributed by atoms with Gasteiger partial charge in [0.05, 0.1) is 5.92 Å². The van der Waals surface area contributed by atoms with Crippen LogP contribution in [0.4, 0.5) is 5.69 Å². The maximum absolute atomic E-state index is 12.6. The summed E-state index contributed by atoms with van der Waals surface area (Å²) in [7, 11) is 0. The molecular formula is C18H25NO2. The Hall–Kier alpha value is -1.51. The Balaban J connectivity index is 1.67. The van der Waals surface area contributed by atoms with E-state index in [1.54, 1.807) is 0 Å². The molecule has 1 saturated carbocycles. The van der Waals surface area contributed by atoms with Crippen LogP contribution < -0.4 is 5.32 Å². The smallest absolute Gasteiger partial charge is 0.313 e. The van der Waals surface area contributed by atoms with E-state index < -0.39 is 0 Å². The predicted molar refractivity (Wildman–Crippen MR) is 84.3 cm³/mol. The second kappa shape index (κ2) is 6.08. The molecule has 1 aromatic rings. The number of anilines is 1. The monoisotopic (exact) mass is 287 g/mol. The van der Waals surface area contributed by atoms with Gasteiger partial charge >= 0.3 is 5.97 Å². The molecule has 1 aliphatic carbocycles. The molecule has 0 aromatic heterocycles. The summed E-state index contributed by atoms with van der Waals surface area (Å²) in [6.07, 6.45) is 4.14. The van der Waals surface area contributed by atoms with Crippen molar-refractivity contribution in [2.75, 3.05) is 11.9 Å². The van der Waals surface area contributed by atoms with Gasteiger partial charge in [-0.1, -0.05) is 32.0 Å². The number of para-hydroxylation sites is 1. The minimum atomic E-state index is -0.0999. The highest BCUT2D eigenvalue weighted by molar-refractivity contribution is 5.81. The predicted octanol–water partition coefficient (Wildman–Crippen LogP) is 3.95. The first-order valence-corrected chi connectivity index (χ1v) is 8.18. The second-order valence-electron chi connectivity index (χ2n) is 6.68. The largest absolute Gasteiger partial charge is 0.462 e. The maximum atomic E-state index is 12.6. The fraction of sp³-hybridized carbons (Fsp3) is 0.611. The van der Waals surface area contributed by atoms with E-state index in [1.165, 1.54) is 6.42 Å². The number of rotatable bonds is 2. The molecule has 0 spiro atoms. The van der Waals surface area contributed by atoms with Crippen LogP contribution in [0.15, 0.2) is 24.3 Å². The normalized spacial score (nSPS) is 31.9. The van der Waals surface area contributed by atoms with Gasteiger partial charge in [-0.15, -0.1) is 0 Å². The fourth-order valence-corrected chi connectivity index (χ4v) is 3.56. The first-order valence-electron chi connectivity index (χ1n) is 8.18. The van der Waals surface area contributed by atoms with Gasteiger partial charge < -0.3 is 10.1 Å². The summed E-state index contributed by atoms with van der Waals surface area (Å²) >= 11 is 0. The molecule has 1 aromatic carbocycles. The lowest BCUT2D eigenvalue weighted by molar-refractivity contribution is -0.153. The van der Waals surface area contributed by atoms with Crippen molar-refractivity contribution in [3.8, 4) is 0 Å². The van der Waals surface area contributed by atoms with Gasteiger partial charge in [0, 0.05) is 12.2 Å². The number of benzene rings is 1. The van der Waals surface area contributed by atoms with Crippen LogP contribution in [-0.4, -0.2) is 18.6 Å². The minimum absolute atomic E-state index is 0.0318. The van der Waals surface area contributed by atoms with Gasteiger partial charge in [-0.3, -0.25) is 4.79 Å². The van der Waals surface area contributed by atoms with Crippen LogP contribution in [0.25, 0.3) is 0 Å². The van der Waals surface area contributed by atoms with E-state index in [1.807, 2.05) is 24.3 Å². The number of hydrogen-bond acceptors (Lipinski definition) is 3. The average Bonchev–Trinajstić information content (AvgIpc) is 2.50. The highest BCUT2D eigenvalue weighted by Gasteiger charge is 2.32. The van der Waals surface area contributed by atoms with Crippen molar-refractivity contribution in [3.63, 3.8) is 0 Å². The third kappa shape index (κ3) is 3.07. The number of carbonyl (C=O) groups is 1. The van der Waals surface area contributed by atoms with Crippen molar-refractivity contribution < 1.29 is 9.53 Å². The fourth-order valence-electron chi connectivity index (χ4n) is 3.56. The molecule has 4 unspecified atom stereocenters.